The number of nitrogens with zero attached hydrogens (tertiary/aromatic N) is 3. The second kappa shape index (κ2) is 5.63. The van der Waals surface area contributed by atoms with Crippen LogP contribution in [0.5, 0.6) is 0 Å². The lowest BCUT2D eigenvalue weighted by molar-refractivity contribution is -0.154. The fraction of sp³-hybridized carbons (Fsp3) is 0.688. The van der Waals surface area contributed by atoms with Gasteiger partial charge in [0.1, 0.15) is 0 Å². The summed E-state index contributed by atoms with van der Waals surface area (Å²) in [7, 11) is 0. The summed E-state index contributed by atoms with van der Waals surface area (Å²) >= 11 is 0. The number of carboxylic acid groups (broad SMARTS) is 1. The Morgan fingerprint density at radius 1 is 1.35 bits per heavy atom. The fourth-order valence-corrected chi connectivity index (χ4v) is 2.85. The number of rotatable bonds is 3. The third-order valence-electron chi connectivity index (χ3n) is 4.22. The zero-order valence-electron chi connectivity index (χ0n) is 13.8. The molecule has 0 radical (unpaired) electrons. The highest BCUT2D eigenvalue weighted by Crippen LogP contribution is 2.41. The minimum absolute atomic E-state index is 0.0648. The van der Waals surface area contributed by atoms with Gasteiger partial charge in [0.15, 0.2) is 11.8 Å². The molecule has 2 aliphatic rings. The van der Waals surface area contributed by atoms with Gasteiger partial charge in [-0.05, 0) is 39.7 Å². The van der Waals surface area contributed by atoms with Crippen molar-refractivity contribution in [3.63, 3.8) is 0 Å². The molecule has 1 saturated heterocycles. The van der Waals surface area contributed by atoms with Crippen LogP contribution in [-0.2, 0) is 15.1 Å². The molecule has 0 bridgehead atoms. The molecule has 126 valence electrons. The Labute approximate surface area is 135 Å². The number of aromatic nitrogens is 2. The topological polar surface area (TPSA) is 84.7 Å². The van der Waals surface area contributed by atoms with E-state index in [0.29, 0.717) is 18.2 Å². The maximum absolute atomic E-state index is 12.7. The third-order valence-corrected chi connectivity index (χ3v) is 4.22. The number of hydrogen-bond donors (Lipinski definition) is 1. The molecule has 7 heteroatoms. The summed E-state index contributed by atoms with van der Waals surface area (Å²) in [6, 6.07) is 1.87. The average Bonchev–Trinajstić information content (AvgIpc) is 3.23. The Morgan fingerprint density at radius 2 is 2.04 bits per heavy atom. The largest absolute Gasteiger partial charge is 0.479 e. The van der Waals surface area contributed by atoms with Gasteiger partial charge in [-0.25, -0.2) is 4.79 Å². The minimum Gasteiger partial charge on any atom is -0.479 e. The Morgan fingerprint density at radius 3 is 2.61 bits per heavy atom. The quantitative estimate of drug-likeness (QED) is 0.910. The van der Waals surface area contributed by atoms with E-state index in [1.54, 1.807) is 0 Å². The first-order valence-electron chi connectivity index (χ1n) is 8.01. The van der Waals surface area contributed by atoms with Gasteiger partial charge in [-0.1, -0.05) is 0 Å². The second-order valence-corrected chi connectivity index (χ2v) is 7.26. The molecule has 1 aliphatic carbocycles. The van der Waals surface area contributed by atoms with Crippen molar-refractivity contribution in [2.45, 2.75) is 51.2 Å². The van der Waals surface area contributed by atoms with E-state index in [-0.39, 0.29) is 24.6 Å². The summed E-state index contributed by atoms with van der Waals surface area (Å²) in [4.78, 5) is 25.3. The van der Waals surface area contributed by atoms with Gasteiger partial charge in [0.2, 0.25) is 0 Å². The molecule has 2 fully saturated rings. The standard InChI is InChI=1S/C16H23N3O4/c1-16(2,3)19-12(10-4-5-10)8-11(17-19)14(20)18-6-7-23-13(9-18)15(21)22/h8,10,13H,4-7,9H2,1-3H3,(H,21,22)/t13-/m0/s1. The summed E-state index contributed by atoms with van der Waals surface area (Å²) < 4.78 is 7.11. The molecule has 1 amide bonds. The first kappa shape index (κ1) is 16.0. The van der Waals surface area contributed by atoms with E-state index in [1.165, 1.54) is 4.90 Å². The first-order chi connectivity index (χ1) is 10.8. The number of hydrogen-bond acceptors (Lipinski definition) is 4. The van der Waals surface area contributed by atoms with Crippen molar-refractivity contribution in [3.05, 3.63) is 17.5 Å². The number of ether oxygens (including phenoxy) is 1. The molecule has 0 aromatic carbocycles. The van der Waals surface area contributed by atoms with Crippen molar-refractivity contribution in [1.29, 1.82) is 0 Å². The van der Waals surface area contributed by atoms with Gasteiger partial charge in [0, 0.05) is 18.2 Å². The molecule has 0 spiro atoms. The summed E-state index contributed by atoms with van der Waals surface area (Å²) in [6.45, 7) is 6.89. The predicted octanol–water partition coefficient (Wildman–Crippen LogP) is 1.44. The van der Waals surface area contributed by atoms with Crippen molar-refractivity contribution in [3.8, 4) is 0 Å². The predicted molar refractivity (Wildman–Crippen MR) is 82.5 cm³/mol. The molecule has 23 heavy (non-hydrogen) atoms. The molecule has 3 rings (SSSR count). The maximum atomic E-state index is 12.7. The Bertz CT molecular complexity index is 628. The van der Waals surface area contributed by atoms with Crippen LogP contribution in [0.3, 0.4) is 0 Å². The van der Waals surface area contributed by atoms with E-state index in [9.17, 15) is 9.59 Å². The van der Waals surface area contributed by atoms with Crippen molar-refractivity contribution >= 4 is 11.9 Å². The van der Waals surface area contributed by atoms with Crippen LogP contribution in [0.2, 0.25) is 0 Å². The number of carbonyl (C=O) groups is 2. The first-order valence-corrected chi connectivity index (χ1v) is 8.01. The normalized spacial score (nSPS) is 22.2. The van der Waals surface area contributed by atoms with E-state index < -0.39 is 12.1 Å². The molecule has 1 aromatic rings. The van der Waals surface area contributed by atoms with Crippen LogP contribution in [0.4, 0.5) is 0 Å². The molecular weight excluding hydrogens is 298 g/mol. The minimum atomic E-state index is -1.04. The number of amides is 1. The monoisotopic (exact) mass is 321 g/mol. The van der Waals surface area contributed by atoms with Crippen LogP contribution in [0.15, 0.2) is 6.07 Å². The van der Waals surface area contributed by atoms with Crippen LogP contribution in [0.25, 0.3) is 0 Å². The number of carbonyl (C=O) groups excluding carboxylic acids is 1. The molecule has 1 aliphatic heterocycles. The highest BCUT2D eigenvalue weighted by molar-refractivity contribution is 5.93. The van der Waals surface area contributed by atoms with Gasteiger partial charge in [-0.2, -0.15) is 5.10 Å². The zero-order chi connectivity index (χ0) is 16.8. The second-order valence-electron chi connectivity index (χ2n) is 7.26. The highest BCUT2D eigenvalue weighted by atomic mass is 16.5. The SMILES string of the molecule is CC(C)(C)n1nc(C(=O)N2CCO[C@H](C(=O)O)C2)cc1C1CC1. The van der Waals surface area contributed by atoms with E-state index in [4.69, 9.17) is 9.84 Å². The number of carboxylic acids is 1. The molecule has 7 nitrogen and oxygen atoms in total. The van der Waals surface area contributed by atoms with E-state index >= 15 is 0 Å². The summed E-state index contributed by atoms with van der Waals surface area (Å²) in [5.41, 5.74) is 1.31. The molecule has 2 heterocycles. The van der Waals surface area contributed by atoms with E-state index in [1.807, 2.05) is 10.7 Å². The van der Waals surface area contributed by atoms with Gasteiger partial charge in [0.05, 0.1) is 18.7 Å². The number of morpholine rings is 1. The van der Waals surface area contributed by atoms with E-state index in [0.717, 1.165) is 18.5 Å². The van der Waals surface area contributed by atoms with Crippen LogP contribution in [0, 0.1) is 0 Å². The van der Waals surface area contributed by atoms with Gasteiger partial charge in [0.25, 0.3) is 5.91 Å². The van der Waals surface area contributed by atoms with Crippen molar-refractivity contribution in [1.82, 2.24) is 14.7 Å². The molecule has 1 N–H and O–H groups in total. The van der Waals surface area contributed by atoms with Gasteiger partial charge < -0.3 is 14.7 Å². The number of aliphatic carboxylic acids is 1. The lowest BCUT2D eigenvalue weighted by Gasteiger charge is -2.30. The lowest BCUT2D eigenvalue weighted by Crippen LogP contribution is -2.48. The highest BCUT2D eigenvalue weighted by Gasteiger charge is 2.35. The summed E-state index contributed by atoms with van der Waals surface area (Å²) in [5.74, 6) is -0.773. The van der Waals surface area contributed by atoms with Crippen LogP contribution in [0.1, 0.15) is 55.7 Å². The van der Waals surface area contributed by atoms with Crippen molar-refractivity contribution < 1.29 is 19.4 Å². The fourth-order valence-electron chi connectivity index (χ4n) is 2.85. The average molecular weight is 321 g/mol. The third kappa shape index (κ3) is 3.24. The summed E-state index contributed by atoms with van der Waals surface area (Å²) in [6.07, 6.45) is 1.31. The molecule has 1 saturated carbocycles. The van der Waals surface area contributed by atoms with Crippen LogP contribution >= 0.6 is 0 Å². The van der Waals surface area contributed by atoms with Gasteiger partial charge >= 0.3 is 5.97 Å². The van der Waals surface area contributed by atoms with E-state index in [2.05, 4.69) is 25.9 Å². The van der Waals surface area contributed by atoms with Crippen molar-refractivity contribution in [2.75, 3.05) is 19.7 Å². The smallest absolute Gasteiger partial charge is 0.334 e. The molecule has 1 aromatic heterocycles. The molecular formula is C16H23N3O4. The maximum Gasteiger partial charge on any atom is 0.334 e. The van der Waals surface area contributed by atoms with Crippen molar-refractivity contribution in [2.24, 2.45) is 0 Å². The Kier molecular flexibility index (Phi) is 3.91. The van der Waals surface area contributed by atoms with Gasteiger partial charge in [-0.3, -0.25) is 9.48 Å². The lowest BCUT2D eigenvalue weighted by atomic mass is 10.1. The Balaban J connectivity index is 1.83. The Hall–Kier alpha value is -1.89. The van der Waals surface area contributed by atoms with Crippen LogP contribution < -0.4 is 0 Å². The summed E-state index contributed by atoms with van der Waals surface area (Å²) in [5, 5.41) is 13.6. The molecule has 0 unspecified atom stereocenters. The molecule has 1 atom stereocenters. The zero-order valence-corrected chi connectivity index (χ0v) is 13.8. The van der Waals surface area contributed by atoms with Crippen LogP contribution in [-0.4, -0.2) is 57.5 Å². The van der Waals surface area contributed by atoms with Gasteiger partial charge in [-0.15, -0.1) is 0 Å².